The van der Waals surface area contributed by atoms with Crippen LogP contribution < -0.4 is 10.1 Å². The van der Waals surface area contributed by atoms with E-state index in [0.29, 0.717) is 12.2 Å². The summed E-state index contributed by atoms with van der Waals surface area (Å²) in [7, 11) is 0. The van der Waals surface area contributed by atoms with Crippen LogP contribution in [0.2, 0.25) is 0 Å². The van der Waals surface area contributed by atoms with Gasteiger partial charge in [-0.15, -0.1) is 0 Å². The smallest absolute Gasteiger partial charge is 0.217 e. The largest absolute Gasteiger partial charge is 0.491 e. The Morgan fingerprint density at radius 2 is 1.69 bits per heavy atom. The van der Waals surface area contributed by atoms with Crippen molar-refractivity contribution in [3.63, 3.8) is 0 Å². The minimum atomic E-state index is -0.358. The summed E-state index contributed by atoms with van der Waals surface area (Å²) in [6.45, 7) is 7.57. The first-order chi connectivity index (χ1) is 12.3. The molecule has 0 saturated heterocycles. The van der Waals surface area contributed by atoms with E-state index in [-0.39, 0.29) is 30.0 Å². The highest BCUT2D eigenvalue weighted by Crippen LogP contribution is 2.25. The molecule has 2 aromatic carbocycles. The van der Waals surface area contributed by atoms with Gasteiger partial charge in [0.05, 0.1) is 6.04 Å². The summed E-state index contributed by atoms with van der Waals surface area (Å²) in [5, 5.41) is 2.78. The van der Waals surface area contributed by atoms with Crippen LogP contribution in [0.5, 0.6) is 5.75 Å². The third-order valence-corrected chi connectivity index (χ3v) is 3.98. The lowest BCUT2D eigenvalue weighted by Crippen LogP contribution is -2.35. The lowest BCUT2D eigenvalue weighted by Gasteiger charge is -2.17. The molecule has 138 valence electrons. The van der Waals surface area contributed by atoms with Gasteiger partial charge in [-0.25, -0.2) is 4.39 Å². The van der Waals surface area contributed by atoms with E-state index in [1.54, 1.807) is 0 Å². The molecular weight excluding hydrogens is 333 g/mol. The second-order valence-electron chi connectivity index (χ2n) is 6.58. The van der Waals surface area contributed by atoms with Gasteiger partial charge in [-0.05, 0) is 61.7 Å². The first kappa shape index (κ1) is 19.6. The molecule has 5 heteroatoms. The molecule has 0 aromatic heterocycles. The fourth-order valence-electron chi connectivity index (χ4n) is 2.89. The van der Waals surface area contributed by atoms with Crippen LogP contribution in [-0.4, -0.2) is 24.3 Å². The number of ether oxygens (including phenoxy) is 1. The van der Waals surface area contributed by atoms with Crippen molar-refractivity contribution >= 4 is 11.7 Å². The number of aryl methyl sites for hydroxylation is 2. The van der Waals surface area contributed by atoms with Crippen LogP contribution in [-0.2, 0) is 11.2 Å². The molecule has 0 aliphatic rings. The van der Waals surface area contributed by atoms with Crippen molar-refractivity contribution in [1.82, 2.24) is 5.32 Å². The minimum absolute atomic E-state index is 0.0586. The molecule has 1 N–H and O–H groups in total. The van der Waals surface area contributed by atoms with Crippen molar-refractivity contribution in [3.8, 4) is 5.75 Å². The van der Waals surface area contributed by atoms with Crippen LogP contribution in [0.25, 0.3) is 0 Å². The van der Waals surface area contributed by atoms with E-state index in [1.807, 2.05) is 32.9 Å². The number of ketones is 1. The van der Waals surface area contributed by atoms with Crippen LogP contribution in [0.4, 0.5) is 4.39 Å². The Hall–Kier alpha value is -2.69. The van der Waals surface area contributed by atoms with Crippen molar-refractivity contribution in [2.24, 2.45) is 0 Å². The molecule has 2 rings (SSSR count). The van der Waals surface area contributed by atoms with E-state index in [4.69, 9.17) is 4.74 Å². The number of nitrogens with one attached hydrogen (secondary N) is 1. The molecule has 0 fully saturated rings. The number of carbonyl (C=O) groups is 2. The monoisotopic (exact) mass is 357 g/mol. The lowest BCUT2D eigenvalue weighted by molar-refractivity contribution is -0.119. The number of hydrogen-bond donors (Lipinski definition) is 1. The zero-order chi connectivity index (χ0) is 19.3. The predicted molar refractivity (Wildman–Crippen MR) is 99.1 cm³/mol. The van der Waals surface area contributed by atoms with Crippen LogP contribution in [0.3, 0.4) is 0 Å². The molecule has 0 spiro atoms. The summed E-state index contributed by atoms with van der Waals surface area (Å²) >= 11 is 0. The maximum Gasteiger partial charge on any atom is 0.217 e. The summed E-state index contributed by atoms with van der Waals surface area (Å²) in [6, 6.07) is 9.33. The number of hydrogen-bond acceptors (Lipinski definition) is 3. The summed E-state index contributed by atoms with van der Waals surface area (Å²) in [4.78, 5) is 23.4. The minimum Gasteiger partial charge on any atom is -0.491 e. The van der Waals surface area contributed by atoms with Gasteiger partial charge in [-0.3, -0.25) is 9.59 Å². The average molecular weight is 357 g/mol. The molecule has 0 saturated carbocycles. The summed E-state index contributed by atoms with van der Waals surface area (Å²) < 4.78 is 18.8. The van der Waals surface area contributed by atoms with Gasteiger partial charge in [-0.1, -0.05) is 12.1 Å². The van der Waals surface area contributed by atoms with Gasteiger partial charge in [-0.2, -0.15) is 0 Å². The fraction of sp³-hybridized carbons (Fsp3) is 0.333. The number of Topliss-reactive ketones (excluding diaryl/α,β-unsaturated/α-hetero) is 1. The zero-order valence-electron chi connectivity index (χ0n) is 15.6. The van der Waals surface area contributed by atoms with Crippen molar-refractivity contribution in [2.75, 3.05) is 6.61 Å². The second kappa shape index (κ2) is 8.61. The fourth-order valence-corrected chi connectivity index (χ4v) is 2.89. The summed E-state index contributed by atoms with van der Waals surface area (Å²) in [5.74, 6) is 0.254. The number of carbonyl (C=O) groups excluding carboxylic acids is 2. The number of rotatable bonds is 7. The topological polar surface area (TPSA) is 55.4 Å². The van der Waals surface area contributed by atoms with Gasteiger partial charge in [0, 0.05) is 18.9 Å². The lowest BCUT2D eigenvalue weighted by atomic mass is 9.99. The molecule has 4 nitrogen and oxygen atoms in total. The molecule has 0 radical (unpaired) electrons. The van der Waals surface area contributed by atoms with E-state index >= 15 is 0 Å². The Balaban J connectivity index is 2.07. The summed E-state index contributed by atoms with van der Waals surface area (Å²) in [5.41, 5.74) is 3.24. The van der Waals surface area contributed by atoms with E-state index in [0.717, 1.165) is 22.4 Å². The first-order valence-corrected chi connectivity index (χ1v) is 8.55. The maximum absolute atomic E-state index is 13.0. The first-order valence-electron chi connectivity index (χ1n) is 8.55. The van der Waals surface area contributed by atoms with Crippen molar-refractivity contribution < 1.29 is 18.7 Å². The Labute approximate surface area is 153 Å². The quantitative estimate of drug-likeness (QED) is 0.768. The summed E-state index contributed by atoms with van der Waals surface area (Å²) in [6.07, 6.45) is 0.246. The van der Waals surface area contributed by atoms with Crippen LogP contribution in [0.15, 0.2) is 36.4 Å². The van der Waals surface area contributed by atoms with Gasteiger partial charge in [0.15, 0.2) is 5.78 Å². The van der Waals surface area contributed by atoms with Gasteiger partial charge < -0.3 is 10.1 Å². The van der Waals surface area contributed by atoms with E-state index in [9.17, 15) is 14.0 Å². The standard InChI is InChI=1S/C21H24FNO3/c1-13-9-17(11-20(25)18-5-7-19(22)8-6-18)10-14(2)21(13)26-12-15(3)23-16(4)24/h5-10,15H,11-12H2,1-4H3,(H,23,24). The van der Waals surface area contributed by atoms with Crippen LogP contribution in [0, 0.1) is 19.7 Å². The SMILES string of the molecule is CC(=O)NC(C)COc1c(C)cc(CC(=O)c2ccc(F)cc2)cc1C. The molecule has 1 atom stereocenters. The molecule has 1 unspecified atom stereocenters. The van der Waals surface area contributed by atoms with Crippen LogP contribution in [0.1, 0.15) is 40.9 Å². The maximum atomic E-state index is 13.0. The Bertz CT molecular complexity index is 776. The Kier molecular flexibility index (Phi) is 6.50. The second-order valence-corrected chi connectivity index (χ2v) is 6.58. The number of amides is 1. The van der Waals surface area contributed by atoms with Crippen LogP contribution >= 0.6 is 0 Å². The highest BCUT2D eigenvalue weighted by atomic mass is 19.1. The zero-order valence-corrected chi connectivity index (χ0v) is 15.6. The molecule has 26 heavy (non-hydrogen) atoms. The highest BCUT2D eigenvalue weighted by Gasteiger charge is 2.12. The third-order valence-electron chi connectivity index (χ3n) is 3.98. The molecule has 0 aliphatic carbocycles. The Morgan fingerprint density at radius 3 is 2.23 bits per heavy atom. The molecule has 2 aromatic rings. The van der Waals surface area contributed by atoms with Crippen molar-refractivity contribution in [1.29, 1.82) is 0 Å². The predicted octanol–water partition coefficient (Wildman–Crippen LogP) is 3.77. The van der Waals surface area contributed by atoms with E-state index < -0.39 is 0 Å². The third kappa shape index (κ3) is 5.41. The highest BCUT2D eigenvalue weighted by molar-refractivity contribution is 5.97. The molecule has 1 amide bonds. The number of halogens is 1. The van der Waals surface area contributed by atoms with Gasteiger partial charge in [0.25, 0.3) is 0 Å². The Morgan fingerprint density at radius 1 is 1.12 bits per heavy atom. The molecule has 0 bridgehead atoms. The van der Waals surface area contributed by atoms with Gasteiger partial charge in [0.1, 0.15) is 18.2 Å². The normalized spacial score (nSPS) is 11.7. The van der Waals surface area contributed by atoms with Gasteiger partial charge in [0.2, 0.25) is 5.91 Å². The van der Waals surface area contributed by atoms with Crippen molar-refractivity contribution in [2.45, 2.75) is 40.2 Å². The van der Waals surface area contributed by atoms with Crippen molar-refractivity contribution in [3.05, 3.63) is 64.5 Å². The molecular formula is C21H24FNO3. The van der Waals surface area contributed by atoms with Gasteiger partial charge >= 0.3 is 0 Å². The van der Waals surface area contributed by atoms with E-state index in [1.165, 1.54) is 31.2 Å². The molecule has 0 aliphatic heterocycles. The number of benzene rings is 2. The molecule has 0 heterocycles. The van der Waals surface area contributed by atoms with E-state index in [2.05, 4.69) is 5.32 Å². The average Bonchev–Trinajstić information content (AvgIpc) is 2.53.